The molecule has 1 fully saturated rings. The van der Waals surface area contributed by atoms with E-state index < -0.39 is 0 Å². The third-order valence-corrected chi connectivity index (χ3v) is 4.22. The molecule has 0 aliphatic heterocycles. The zero-order chi connectivity index (χ0) is 13.7. The monoisotopic (exact) mass is 261 g/mol. The Morgan fingerprint density at radius 3 is 2.42 bits per heavy atom. The van der Waals surface area contributed by atoms with Crippen molar-refractivity contribution in [1.29, 1.82) is 0 Å². The van der Waals surface area contributed by atoms with Crippen LogP contribution in [0.5, 0.6) is 0 Å². The number of hydrogen-bond acceptors (Lipinski definition) is 2. The maximum Gasteiger partial charge on any atom is 0.233 e. The quantitative estimate of drug-likeness (QED) is 0.903. The van der Waals surface area contributed by atoms with Crippen LogP contribution in [0.15, 0.2) is 30.3 Å². The molecule has 1 amide bonds. The van der Waals surface area contributed by atoms with Crippen molar-refractivity contribution in [2.75, 3.05) is 20.2 Å². The van der Waals surface area contributed by atoms with Gasteiger partial charge < -0.3 is 10.0 Å². The van der Waals surface area contributed by atoms with E-state index in [4.69, 9.17) is 5.11 Å². The molecule has 0 saturated heterocycles. The van der Waals surface area contributed by atoms with Crippen molar-refractivity contribution in [3.8, 4) is 0 Å². The van der Waals surface area contributed by atoms with Gasteiger partial charge in [0.25, 0.3) is 0 Å². The third-order valence-electron chi connectivity index (χ3n) is 4.22. The number of amides is 1. The summed E-state index contributed by atoms with van der Waals surface area (Å²) in [6, 6.07) is 10.1. The highest BCUT2D eigenvalue weighted by Crippen LogP contribution is 2.40. The molecule has 1 N–H and O–H groups in total. The molecule has 1 saturated carbocycles. The second-order valence-electron chi connectivity index (χ2n) is 5.46. The van der Waals surface area contributed by atoms with Crippen LogP contribution in [-0.4, -0.2) is 36.1 Å². The van der Waals surface area contributed by atoms with Crippen LogP contribution >= 0.6 is 0 Å². The number of carbonyl (C=O) groups excluding carboxylic acids is 1. The van der Waals surface area contributed by atoms with Crippen molar-refractivity contribution in [3.05, 3.63) is 35.9 Å². The SMILES string of the molecule is CN(CCO)C(=O)C1(c2ccccc2)CCCCC1. The zero-order valence-corrected chi connectivity index (χ0v) is 11.6. The molecule has 2 rings (SSSR count). The number of aliphatic hydroxyl groups is 1. The fourth-order valence-electron chi connectivity index (χ4n) is 3.16. The molecule has 0 atom stereocenters. The Morgan fingerprint density at radius 2 is 1.84 bits per heavy atom. The van der Waals surface area contributed by atoms with Gasteiger partial charge in [0.15, 0.2) is 0 Å². The molecule has 1 aliphatic rings. The number of benzene rings is 1. The van der Waals surface area contributed by atoms with E-state index in [1.165, 1.54) is 6.42 Å². The molecule has 0 bridgehead atoms. The van der Waals surface area contributed by atoms with E-state index >= 15 is 0 Å². The van der Waals surface area contributed by atoms with Gasteiger partial charge in [-0.15, -0.1) is 0 Å². The zero-order valence-electron chi connectivity index (χ0n) is 11.6. The predicted molar refractivity (Wildman–Crippen MR) is 75.9 cm³/mol. The molecule has 1 aromatic rings. The Hall–Kier alpha value is -1.35. The van der Waals surface area contributed by atoms with Crippen LogP contribution < -0.4 is 0 Å². The number of likely N-dealkylation sites (N-methyl/N-ethyl adjacent to an activating group) is 1. The maximum atomic E-state index is 12.8. The lowest BCUT2D eigenvalue weighted by Crippen LogP contribution is -2.47. The summed E-state index contributed by atoms with van der Waals surface area (Å²) in [4.78, 5) is 14.5. The molecule has 0 unspecified atom stereocenters. The lowest BCUT2D eigenvalue weighted by Gasteiger charge is -2.39. The Bertz CT molecular complexity index is 410. The molecule has 104 valence electrons. The van der Waals surface area contributed by atoms with Crippen molar-refractivity contribution < 1.29 is 9.90 Å². The summed E-state index contributed by atoms with van der Waals surface area (Å²) < 4.78 is 0. The van der Waals surface area contributed by atoms with E-state index in [0.29, 0.717) is 6.54 Å². The van der Waals surface area contributed by atoms with Gasteiger partial charge in [-0.05, 0) is 18.4 Å². The number of carbonyl (C=O) groups is 1. The summed E-state index contributed by atoms with van der Waals surface area (Å²) in [6.07, 6.45) is 5.27. The number of nitrogens with zero attached hydrogens (tertiary/aromatic N) is 1. The molecule has 1 aliphatic carbocycles. The molecule has 0 aromatic heterocycles. The summed E-state index contributed by atoms with van der Waals surface area (Å²) in [5.41, 5.74) is 0.758. The van der Waals surface area contributed by atoms with Gasteiger partial charge in [0.1, 0.15) is 0 Å². The molecule has 3 heteroatoms. The molecular formula is C16H23NO2. The topological polar surface area (TPSA) is 40.5 Å². The van der Waals surface area contributed by atoms with Crippen LogP contribution in [0.25, 0.3) is 0 Å². The second-order valence-corrected chi connectivity index (χ2v) is 5.46. The Kier molecular flexibility index (Phi) is 4.59. The first-order valence-corrected chi connectivity index (χ1v) is 7.13. The number of rotatable bonds is 4. The van der Waals surface area contributed by atoms with Gasteiger partial charge in [0.05, 0.1) is 12.0 Å². The highest BCUT2D eigenvalue weighted by Gasteiger charge is 2.42. The van der Waals surface area contributed by atoms with Crippen LogP contribution in [0, 0.1) is 0 Å². The van der Waals surface area contributed by atoms with Crippen molar-refractivity contribution in [2.24, 2.45) is 0 Å². The summed E-state index contributed by atoms with van der Waals surface area (Å²) in [5, 5.41) is 9.04. The lowest BCUT2D eigenvalue weighted by molar-refractivity contribution is -0.138. The Balaban J connectivity index is 2.32. The van der Waals surface area contributed by atoms with Gasteiger partial charge in [-0.2, -0.15) is 0 Å². The van der Waals surface area contributed by atoms with Gasteiger partial charge in [-0.3, -0.25) is 4.79 Å². The van der Waals surface area contributed by atoms with E-state index in [2.05, 4.69) is 12.1 Å². The van der Waals surface area contributed by atoms with Gasteiger partial charge in [0.2, 0.25) is 5.91 Å². The molecule has 0 spiro atoms. The fourth-order valence-corrected chi connectivity index (χ4v) is 3.16. The Morgan fingerprint density at radius 1 is 1.21 bits per heavy atom. The van der Waals surface area contributed by atoms with Crippen LogP contribution in [0.4, 0.5) is 0 Å². The normalized spacial score (nSPS) is 18.0. The van der Waals surface area contributed by atoms with Gasteiger partial charge in [0, 0.05) is 13.6 Å². The minimum atomic E-state index is -0.372. The van der Waals surface area contributed by atoms with Gasteiger partial charge >= 0.3 is 0 Å². The van der Waals surface area contributed by atoms with Crippen LogP contribution in [0.1, 0.15) is 37.7 Å². The molecule has 0 heterocycles. The Labute approximate surface area is 115 Å². The summed E-state index contributed by atoms with van der Waals surface area (Å²) >= 11 is 0. The van der Waals surface area contributed by atoms with Gasteiger partial charge in [-0.1, -0.05) is 49.6 Å². The summed E-state index contributed by atoms with van der Waals surface area (Å²) in [5.74, 6) is 0.160. The minimum Gasteiger partial charge on any atom is -0.395 e. The van der Waals surface area contributed by atoms with Crippen LogP contribution in [-0.2, 0) is 10.2 Å². The van der Waals surface area contributed by atoms with Crippen LogP contribution in [0.3, 0.4) is 0 Å². The lowest BCUT2D eigenvalue weighted by atomic mass is 9.68. The van der Waals surface area contributed by atoms with Crippen molar-refractivity contribution in [3.63, 3.8) is 0 Å². The molecular weight excluding hydrogens is 238 g/mol. The first-order valence-electron chi connectivity index (χ1n) is 7.13. The van der Waals surface area contributed by atoms with E-state index in [-0.39, 0.29) is 17.9 Å². The van der Waals surface area contributed by atoms with Crippen molar-refractivity contribution in [1.82, 2.24) is 4.90 Å². The summed E-state index contributed by atoms with van der Waals surface area (Å²) in [6.45, 7) is 0.431. The maximum absolute atomic E-state index is 12.8. The smallest absolute Gasteiger partial charge is 0.233 e. The predicted octanol–water partition coefficient (Wildman–Crippen LogP) is 2.34. The van der Waals surface area contributed by atoms with Gasteiger partial charge in [-0.25, -0.2) is 0 Å². The second kappa shape index (κ2) is 6.20. The van der Waals surface area contributed by atoms with E-state index in [1.54, 1.807) is 11.9 Å². The standard InChI is InChI=1S/C16H23NO2/c1-17(12-13-18)15(19)16(10-6-3-7-11-16)14-8-4-2-5-9-14/h2,4-5,8-9,18H,3,6-7,10-13H2,1H3. The molecule has 3 nitrogen and oxygen atoms in total. The van der Waals surface area contributed by atoms with Crippen molar-refractivity contribution >= 4 is 5.91 Å². The fraction of sp³-hybridized carbons (Fsp3) is 0.562. The first-order chi connectivity index (χ1) is 9.20. The highest BCUT2D eigenvalue weighted by atomic mass is 16.3. The number of hydrogen-bond donors (Lipinski definition) is 1. The van der Waals surface area contributed by atoms with E-state index in [0.717, 1.165) is 31.2 Å². The average Bonchev–Trinajstić information content (AvgIpc) is 2.48. The van der Waals surface area contributed by atoms with Crippen LogP contribution in [0.2, 0.25) is 0 Å². The molecule has 1 aromatic carbocycles. The summed E-state index contributed by atoms with van der Waals surface area (Å²) in [7, 11) is 1.79. The van der Waals surface area contributed by atoms with E-state index in [9.17, 15) is 4.79 Å². The minimum absolute atomic E-state index is 0.0209. The van der Waals surface area contributed by atoms with E-state index in [1.807, 2.05) is 18.2 Å². The average molecular weight is 261 g/mol. The molecule has 0 radical (unpaired) electrons. The molecule has 19 heavy (non-hydrogen) atoms. The third kappa shape index (κ3) is 2.81. The number of aliphatic hydroxyl groups excluding tert-OH is 1. The largest absolute Gasteiger partial charge is 0.395 e. The first kappa shape index (κ1) is 14.1. The highest BCUT2D eigenvalue weighted by molar-refractivity contribution is 5.88. The van der Waals surface area contributed by atoms with Crippen molar-refractivity contribution in [2.45, 2.75) is 37.5 Å².